The van der Waals surface area contributed by atoms with E-state index in [0.29, 0.717) is 76.6 Å². The fourth-order valence-electron chi connectivity index (χ4n) is 11.7. The normalized spacial score (nSPS) is 51.9. The maximum atomic E-state index is 9.63. The molecule has 9 aliphatic rings. The highest BCUT2D eigenvalue weighted by molar-refractivity contribution is 5.86. The van der Waals surface area contributed by atoms with Crippen LogP contribution in [0.1, 0.15) is 0 Å². The summed E-state index contributed by atoms with van der Waals surface area (Å²) in [6, 6.07) is 17.3. The van der Waals surface area contributed by atoms with E-state index in [2.05, 4.69) is 48.5 Å². The Morgan fingerprint density at radius 2 is 1.16 bits per heavy atom. The molecule has 0 saturated heterocycles. The molecule has 8 atom stereocenters. The third kappa shape index (κ3) is 1.14. The molecule has 8 saturated carbocycles. The summed E-state index contributed by atoms with van der Waals surface area (Å²) in [5.74, 6) is 8.77. The molecular weight excluding hydrogens is 384 g/mol. The highest BCUT2D eigenvalue weighted by Gasteiger charge is 2.97. The average molecular weight is 402 g/mol. The van der Waals surface area contributed by atoms with Crippen LogP contribution in [-0.4, -0.2) is 5.79 Å². The van der Waals surface area contributed by atoms with Crippen LogP contribution in [0.15, 0.2) is 47.5 Å². The lowest BCUT2D eigenvalue weighted by atomic mass is 9.80. The van der Waals surface area contributed by atoms with Crippen LogP contribution in [0.25, 0.3) is 10.8 Å². The first-order valence-electron chi connectivity index (χ1n) is 11.7. The second-order valence-corrected chi connectivity index (χ2v) is 11.3. The number of rotatable bonds is 0. The number of allylic oxidation sites excluding steroid dienone is 2. The Balaban J connectivity index is 1.15. The Bertz CT molecular complexity index is 1290. The maximum Gasteiger partial charge on any atom is 0.258 e. The topological polar surface area (TPSA) is 66.0 Å². The van der Waals surface area contributed by atoms with Crippen molar-refractivity contribution in [3.8, 4) is 23.6 Å². The number of fused-ring (bicyclic) bond motifs is 2. The summed E-state index contributed by atoms with van der Waals surface area (Å²) < 4.78 is 13.8. The largest absolute Gasteiger partial charge is 0.448 e. The average Bonchev–Trinajstić information content (AvgIpc) is 3.57. The zero-order valence-electron chi connectivity index (χ0n) is 16.6. The number of nitrogens with zero attached hydrogens (tertiary/aromatic N) is 2. The van der Waals surface area contributed by atoms with Crippen LogP contribution >= 0.6 is 0 Å². The zero-order valence-corrected chi connectivity index (χ0v) is 16.6. The molecule has 0 radical (unpaired) electrons. The number of benzene rings is 2. The first-order chi connectivity index (χ1) is 15.3. The van der Waals surface area contributed by atoms with Gasteiger partial charge in [-0.05, 0) is 87.7 Å². The van der Waals surface area contributed by atoms with Crippen molar-refractivity contribution in [2.24, 2.45) is 71.0 Å². The van der Waals surface area contributed by atoms with Crippen molar-refractivity contribution in [2.75, 3.05) is 0 Å². The van der Waals surface area contributed by atoms with Gasteiger partial charge in [0.15, 0.2) is 11.5 Å². The van der Waals surface area contributed by atoms with E-state index in [9.17, 15) is 10.5 Å². The van der Waals surface area contributed by atoms with Gasteiger partial charge in [0, 0.05) is 11.8 Å². The van der Waals surface area contributed by atoms with Crippen LogP contribution in [0.2, 0.25) is 0 Å². The lowest BCUT2D eigenvalue weighted by Crippen LogP contribution is -2.46. The molecule has 2 aromatic carbocycles. The first-order valence-corrected chi connectivity index (χ1v) is 11.7. The Morgan fingerprint density at radius 1 is 0.710 bits per heavy atom. The van der Waals surface area contributed by atoms with Gasteiger partial charge in [-0.25, -0.2) is 0 Å². The molecule has 11 rings (SSSR count). The minimum Gasteiger partial charge on any atom is -0.448 e. The van der Waals surface area contributed by atoms with E-state index in [1.54, 1.807) is 0 Å². The number of hydrogen-bond donors (Lipinski definition) is 0. The second-order valence-electron chi connectivity index (χ2n) is 11.3. The van der Waals surface area contributed by atoms with E-state index in [1.165, 1.54) is 16.3 Å². The van der Waals surface area contributed by atoms with Gasteiger partial charge in [-0.15, -0.1) is 0 Å². The van der Waals surface area contributed by atoms with Gasteiger partial charge in [0.1, 0.15) is 17.7 Å². The third-order valence-corrected chi connectivity index (χ3v) is 11.4. The van der Waals surface area contributed by atoms with Crippen LogP contribution in [-0.2, 0) is 0 Å². The molecule has 0 N–H and O–H groups in total. The number of nitriles is 2. The quantitative estimate of drug-likeness (QED) is 0.621. The van der Waals surface area contributed by atoms with E-state index in [0.717, 1.165) is 11.5 Å². The summed E-state index contributed by atoms with van der Waals surface area (Å²) in [6.07, 6.45) is 0. The van der Waals surface area contributed by atoms with Crippen LogP contribution in [0.5, 0.6) is 11.5 Å². The second kappa shape index (κ2) is 4.07. The molecule has 4 bridgehead atoms. The summed E-state index contributed by atoms with van der Waals surface area (Å²) in [5, 5.41) is 21.7. The van der Waals surface area contributed by atoms with Gasteiger partial charge < -0.3 is 9.47 Å². The molecule has 8 fully saturated rings. The van der Waals surface area contributed by atoms with Crippen molar-refractivity contribution >= 4 is 10.8 Å². The lowest BCUT2D eigenvalue weighted by molar-refractivity contribution is -0.129. The third-order valence-electron chi connectivity index (χ3n) is 11.4. The van der Waals surface area contributed by atoms with Gasteiger partial charge in [0.05, 0.1) is 0 Å². The molecule has 8 aliphatic carbocycles. The van der Waals surface area contributed by atoms with E-state index in [1.807, 2.05) is 0 Å². The summed E-state index contributed by atoms with van der Waals surface area (Å²) in [7, 11) is 0. The van der Waals surface area contributed by atoms with Crippen LogP contribution in [0.4, 0.5) is 0 Å². The van der Waals surface area contributed by atoms with E-state index in [-0.39, 0.29) is 0 Å². The predicted octanol–water partition coefficient (Wildman–Crippen LogP) is 4.14. The maximum absolute atomic E-state index is 9.63. The molecule has 0 amide bonds. The van der Waals surface area contributed by atoms with Crippen LogP contribution in [0.3, 0.4) is 0 Å². The Labute approximate surface area is 179 Å². The molecule has 2 aromatic rings. The zero-order chi connectivity index (χ0) is 20.0. The van der Waals surface area contributed by atoms with Crippen molar-refractivity contribution in [3.05, 3.63) is 47.5 Å². The summed E-state index contributed by atoms with van der Waals surface area (Å²) in [5.41, 5.74) is 1.74. The molecular formula is C27H18N2O2. The monoisotopic (exact) mass is 402 g/mol. The molecule has 1 aliphatic heterocycles. The fourth-order valence-corrected chi connectivity index (χ4v) is 11.7. The number of hydrogen-bond acceptors (Lipinski definition) is 4. The molecule has 4 heteroatoms. The molecule has 1 heterocycles. The van der Waals surface area contributed by atoms with Crippen LogP contribution < -0.4 is 9.47 Å². The molecule has 148 valence electrons. The standard InChI is InChI=1S/C27H18N2O2/c28-7-11(8-29)14-15-17-19-16(14)20-18(15)22-21(17)25-23(19)24(20)26(22)27(25)30-12-5-9-3-1-2-4-10(9)6-13(12)31-27/h1-6,15-26H. The van der Waals surface area contributed by atoms with Gasteiger partial charge in [-0.2, -0.15) is 10.5 Å². The van der Waals surface area contributed by atoms with E-state index in [4.69, 9.17) is 9.47 Å². The summed E-state index contributed by atoms with van der Waals surface area (Å²) >= 11 is 0. The molecule has 1 spiro atoms. The lowest BCUT2D eigenvalue weighted by Gasteiger charge is -2.30. The predicted molar refractivity (Wildman–Crippen MR) is 108 cm³/mol. The molecule has 8 unspecified atom stereocenters. The Hall–Kier alpha value is -2.98. The SMILES string of the molecule is N#CC(C#N)=C1C2C3C4C1C1C2C2C3C3C4C1C2C31Oc2cc3ccccc3cc2O1. The van der Waals surface area contributed by atoms with Gasteiger partial charge in [-0.3, -0.25) is 0 Å². The molecule has 0 aromatic heterocycles. The highest BCUT2D eigenvalue weighted by atomic mass is 16.7. The number of ether oxygens (including phenoxy) is 2. The molecule has 4 nitrogen and oxygen atoms in total. The first kappa shape index (κ1) is 14.9. The van der Waals surface area contributed by atoms with Gasteiger partial charge in [-0.1, -0.05) is 24.3 Å². The fraction of sp³-hybridized carbons (Fsp3) is 0.481. The van der Waals surface area contributed by atoms with Gasteiger partial charge in [0.2, 0.25) is 0 Å². The van der Waals surface area contributed by atoms with Crippen molar-refractivity contribution < 1.29 is 9.47 Å². The van der Waals surface area contributed by atoms with Gasteiger partial charge in [0.25, 0.3) is 5.79 Å². The van der Waals surface area contributed by atoms with Crippen molar-refractivity contribution in [2.45, 2.75) is 5.79 Å². The Kier molecular flexibility index (Phi) is 1.96. The van der Waals surface area contributed by atoms with Crippen molar-refractivity contribution in [1.29, 1.82) is 10.5 Å². The van der Waals surface area contributed by atoms with Gasteiger partial charge >= 0.3 is 0 Å². The smallest absolute Gasteiger partial charge is 0.258 e. The minimum absolute atomic E-state index is 0.450. The molecule has 31 heavy (non-hydrogen) atoms. The van der Waals surface area contributed by atoms with Crippen LogP contribution in [0, 0.1) is 93.7 Å². The van der Waals surface area contributed by atoms with Crippen molar-refractivity contribution in [1.82, 2.24) is 0 Å². The van der Waals surface area contributed by atoms with E-state index >= 15 is 0 Å². The summed E-state index contributed by atoms with van der Waals surface area (Å²) in [6.45, 7) is 0. The highest BCUT2D eigenvalue weighted by Crippen LogP contribution is 2.95. The Morgan fingerprint density at radius 3 is 1.58 bits per heavy atom. The van der Waals surface area contributed by atoms with Crippen molar-refractivity contribution in [3.63, 3.8) is 0 Å². The summed E-state index contributed by atoms with van der Waals surface area (Å²) in [4.78, 5) is 0. The minimum atomic E-state index is -0.450. The van der Waals surface area contributed by atoms with E-state index < -0.39 is 5.79 Å².